The molecule has 0 spiro atoms. The molecular formula is C12H14BrF4NOS. The van der Waals surface area contributed by atoms with Crippen LogP contribution in [0, 0.1) is 5.82 Å². The van der Waals surface area contributed by atoms with Crippen LogP contribution in [0.15, 0.2) is 22.7 Å². The van der Waals surface area contributed by atoms with Gasteiger partial charge in [-0.1, -0.05) is 6.07 Å². The second kappa shape index (κ2) is 6.21. The maximum atomic E-state index is 13.1. The molecule has 0 saturated carbocycles. The summed E-state index contributed by atoms with van der Waals surface area (Å²) in [5, 5.41) is 0. The summed E-state index contributed by atoms with van der Waals surface area (Å²) in [6.45, 7) is 4.68. The van der Waals surface area contributed by atoms with Crippen LogP contribution >= 0.6 is 15.9 Å². The Balaban J connectivity index is 3.11. The first-order valence-corrected chi connectivity index (χ1v) is 7.57. The van der Waals surface area contributed by atoms with E-state index in [9.17, 15) is 22.1 Å². The quantitative estimate of drug-likeness (QED) is 0.633. The van der Waals surface area contributed by atoms with Gasteiger partial charge < -0.3 is 4.55 Å². The van der Waals surface area contributed by atoms with Gasteiger partial charge in [-0.2, -0.15) is 13.2 Å². The Morgan fingerprint density at radius 3 is 2.20 bits per heavy atom. The minimum atomic E-state index is -4.64. The van der Waals surface area contributed by atoms with Crippen LogP contribution in [0.25, 0.3) is 0 Å². The fourth-order valence-corrected chi connectivity index (χ4v) is 2.53. The molecule has 0 aliphatic rings. The third kappa shape index (κ3) is 4.61. The topological polar surface area (TPSA) is 35.1 Å². The van der Waals surface area contributed by atoms with Gasteiger partial charge in [0.1, 0.15) is 10.6 Å². The van der Waals surface area contributed by atoms with Gasteiger partial charge in [0, 0.05) is 11.4 Å². The van der Waals surface area contributed by atoms with Crippen molar-refractivity contribution in [1.82, 2.24) is 4.72 Å². The van der Waals surface area contributed by atoms with Crippen LogP contribution in [0.1, 0.15) is 32.4 Å². The molecule has 0 aliphatic heterocycles. The molecule has 2 unspecified atom stereocenters. The molecule has 114 valence electrons. The van der Waals surface area contributed by atoms with E-state index >= 15 is 0 Å². The van der Waals surface area contributed by atoms with E-state index in [4.69, 9.17) is 0 Å². The normalized spacial score (nSPS) is 16.1. The van der Waals surface area contributed by atoms with Crippen LogP contribution in [-0.2, 0) is 11.4 Å². The molecule has 2 atom stereocenters. The third-order valence-corrected chi connectivity index (χ3v) is 4.56. The predicted octanol–water partition coefficient (Wildman–Crippen LogP) is 4.24. The number of hydrogen-bond donors (Lipinski definition) is 1. The molecule has 1 aromatic rings. The standard InChI is InChI=1S/C12H14BrF4NOS/c1-11(2,3)20(19)18-10(12(15,16)17)7-4-5-9(14)8(13)6-7/h4-6,10,18H,1-3H3. The molecule has 1 rings (SSSR count). The van der Waals surface area contributed by atoms with Gasteiger partial charge in [0.15, 0.2) is 6.04 Å². The zero-order chi connectivity index (χ0) is 15.7. The lowest BCUT2D eigenvalue weighted by Crippen LogP contribution is -2.45. The first-order chi connectivity index (χ1) is 8.93. The van der Waals surface area contributed by atoms with Gasteiger partial charge in [-0.25, -0.2) is 4.39 Å². The van der Waals surface area contributed by atoms with E-state index in [0.717, 1.165) is 18.2 Å². The van der Waals surface area contributed by atoms with E-state index in [1.807, 2.05) is 0 Å². The van der Waals surface area contributed by atoms with Gasteiger partial charge in [-0.15, -0.1) is 4.72 Å². The minimum Gasteiger partial charge on any atom is -0.598 e. The fourth-order valence-electron chi connectivity index (χ4n) is 1.30. The molecular weight excluding hydrogens is 362 g/mol. The van der Waals surface area contributed by atoms with Crippen LogP contribution in [0.2, 0.25) is 0 Å². The second-order valence-corrected chi connectivity index (χ2v) is 8.00. The summed E-state index contributed by atoms with van der Waals surface area (Å²) in [5.41, 5.74) is -0.205. The van der Waals surface area contributed by atoms with Gasteiger partial charge in [-0.05, 0) is 54.4 Å². The molecule has 0 radical (unpaired) electrons. The van der Waals surface area contributed by atoms with E-state index in [1.54, 1.807) is 20.8 Å². The van der Waals surface area contributed by atoms with Crippen molar-refractivity contribution in [3.63, 3.8) is 0 Å². The van der Waals surface area contributed by atoms with Crippen molar-refractivity contribution < 1.29 is 22.1 Å². The lowest BCUT2D eigenvalue weighted by molar-refractivity contribution is -0.153. The maximum absolute atomic E-state index is 13.1. The van der Waals surface area contributed by atoms with Crippen molar-refractivity contribution in [1.29, 1.82) is 0 Å². The molecule has 2 nitrogen and oxygen atoms in total. The number of alkyl halides is 3. The Labute approximate surface area is 126 Å². The number of nitrogens with one attached hydrogen (secondary N) is 1. The summed E-state index contributed by atoms with van der Waals surface area (Å²) in [7, 11) is 0. The minimum absolute atomic E-state index is 0.0763. The molecule has 8 heteroatoms. The Bertz CT molecular complexity index is 476. The molecule has 0 fully saturated rings. The molecule has 0 bridgehead atoms. The fraction of sp³-hybridized carbons (Fsp3) is 0.500. The van der Waals surface area contributed by atoms with Gasteiger partial charge in [-0.3, -0.25) is 0 Å². The van der Waals surface area contributed by atoms with Gasteiger partial charge >= 0.3 is 6.18 Å². The number of halogens is 5. The van der Waals surface area contributed by atoms with E-state index in [-0.39, 0.29) is 10.0 Å². The Morgan fingerprint density at radius 1 is 1.25 bits per heavy atom. The van der Waals surface area contributed by atoms with Crippen molar-refractivity contribution in [3.8, 4) is 0 Å². The highest BCUT2D eigenvalue weighted by Crippen LogP contribution is 2.35. The molecule has 0 aliphatic carbocycles. The highest BCUT2D eigenvalue weighted by molar-refractivity contribution is 9.10. The maximum Gasteiger partial charge on any atom is 0.412 e. The predicted molar refractivity (Wildman–Crippen MR) is 73.9 cm³/mol. The van der Waals surface area contributed by atoms with Crippen LogP contribution in [0.4, 0.5) is 17.6 Å². The highest BCUT2D eigenvalue weighted by Gasteiger charge is 2.45. The molecule has 0 aromatic heterocycles. The van der Waals surface area contributed by atoms with Gasteiger partial charge in [0.25, 0.3) is 0 Å². The number of hydrogen-bond acceptors (Lipinski definition) is 2. The van der Waals surface area contributed by atoms with Gasteiger partial charge in [0.05, 0.1) is 4.47 Å². The second-order valence-electron chi connectivity index (χ2n) is 5.15. The van der Waals surface area contributed by atoms with Crippen molar-refractivity contribution in [3.05, 3.63) is 34.1 Å². The summed E-state index contributed by atoms with van der Waals surface area (Å²) < 4.78 is 65.3. The average Bonchev–Trinajstić information content (AvgIpc) is 2.26. The number of benzene rings is 1. The first kappa shape index (κ1) is 17.7. The van der Waals surface area contributed by atoms with E-state index in [1.165, 1.54) is 0 Å². The van der Waals surface area contributed by atoms with E-state index < -0.39 is 34.1 Å². The Hall–Kier alpha value is -0.310. The lowest BCUT2D eigenvalue weighted by Gasteiger charge is -2.29. The van der Waals surface area contributed by atoms with Crippen molar-refractivity contribution in [2.75, 3.05) is 0 Å². The monoisotopic (exact) mass is 375 g/mol. The van der Waals surface area contributed by atoms with Crippen LogP contribution in [0.3, 0.4) is 0 Å². The third-order valence-electron chi connectivity index (χ3n) is 2.39. The van der Waals surface area contributed by atoms with Crippen molar-refractivity contribution >= 4 is 27.3 Å². The summed E-state index contributed by atoms with van der Waals surface area (Å²) in [6, 6.07) is 0.852. The molecule has 20 heavy (non-hydrogen) atoms. The molecule has 0 amide bonds. The highest BCUT2D eigenvalue weighted by atomic mass is 79.9. The average molecular weight is 376 g/mol. The zero-order valence-corrected chi connectivity index (χ0v) is 13.4. The van der Waals surface area contributed by atoms with Crippen LogP contribution in [-0.4, -0.2) is 15.5 Å². The number of rotatable bonds is 3. The van der Waals surface area contributed by atoms with E-state index in [2.05, 4.69) is 20.7 Å². The Morgan fingerprint density at radius 2 is 1.80 bits per heavy atom. The van der Waals surface area contributed by atoms with E-state index in [0.29, 0.717) is 0 Å². The van der Waals surface area contributed by atoms with Crippen LogP contribution < -0.4 is 4.72 Å². The van der Waals surface area contributed by atoms with Crippen molar-refractivity contribution in [2.24, 2.45) is 0 Å². The molecule has 1 aromatic carbocycles. The molecule has 0 saturated heterocycles. The lowest BCUT2D eigenvalue weighted by atomic mass is 10.1. The summed E-state index contributed by atoms with van der Waals surface area (Å²) in [6.07, 6.45) is -4.64. The largest absolute Gasteiger partial charge is 0.598 e. The zero-order valence-electron chi connectivity index (χ0n) is 11.0. The summed E-state index contributed by atoms with van der Waals surface area (Å²) in [4.78, 5) is 0. The first-order valence-electron chi connectivity index (χ1n) is 5.62. The molecule has 1 N–H and O–H groups in total. The summed E-state index contributed by atoms with van der Waals surface area (Å²) in [5.74, 6) is -0.661. The van der Waals surface area contributed by atoms with Gasteiger partial charge in [0.2, 0.25) is 0 Å². The summed E-state index contributed by atoms with van der Waals surface area (Å²) >= 11 is 0.935. The van der Waals surface area contributed by atoms with Crippen LogP contribution in [0.5, 0.6) is 0 Å². The SMILES string of the molecule is CC(C)(C)[S+]([O-])NC(c1ccc(F)c(Br)c1)C(F)(F)F. The Kier molecular flexibility index (Phi) is 5.51. The molecule has 0 heterocycles. The van der Waals surface area contributed by atoms with Crippen molar-refractivity contribution in [2.45, 2.75) is 37.7 Å². The smallest absolute Gasteiger partial charge is 0.412 e.